The lowest BCUT2D eigenvalue weighted by Gasteiger charge is -2.26. The summed E-state index contributed by atoms with van der Waals surface area (Å²) >= 11 is 0. The van der Waals surface area contributed by atoms with Crippen molar-refractivity contribution in [1.82, 2.24) is 10.2 Å². The third-order valence-electron chi connectivity index (χ3n) is 4.98. The Hall–Kier alpha value is -1.83. The minimum absolute atomic E-state index is 0. The van der Waals surface area contributed by atoms with Crippen LogP contribution in [0.25, 0.3) is 0 Å². The van der Waals surface area contributed by atoms with Crippen molar-refractivity contribution in [3.63, 3.8) is 0 Å². The molecule has 1 heterocycles. The van der Waals surface area contributed by atoms with E-state index in [1.54, 1.807) is 6.92 Å². The van der Waals surface area contributed by atoms with Crippen molar-refractivity contribution in [1.29, 1.82) is 0 Å². The first-order valence-corrected chi connectivity index (χ1v) is 9.70. The predicted molar refractivity (Wildman–Crippen MR) is 124 cm³/mol. The van der Waals surface area contributed by atoms with Crippen LogP contribution in [0.15, 0.2) is 54.6 Å². The van der Waals surface area contributed by atoms with Gasteiger partial charge in [-0.2, -0.15) is 0 Å². The summed E-state index contributed by atoms with van der Waals surface area (Å²) in [5.74, 6) is 0.593. The topological polar surface area (TPSA) is 76.8 Å². The third-order valence-corrected chi connectivity index (χ3v) is 4.98. The second-order valence-corrected chi connectivity index (χ2v) is 7.20. The zero-order chi connectivity index (χ0) is 19.8. The number of nitrogens with zero attached hydrogens (tertiary/aromatic N) is 1. The molecule has 1 aliphatic heterocycles. The third kappa shape index (κ3) is 7.45. The SMILES string of the molecule is CC(N)(C(=O)NCc1cccc(OCCN2CCOCC2)c1)c1ccccc1.Cl.Cl. The Kier molecular flexibility index (Phi) is 11.2. The summed E-state index contributed by atoms with van der Waals surface area (Å²) in [6.07, 6.45) is 0. The average molecular weight is 456 g/mol. The van der Waals surface area contributed by atoms with Crippen LogP contribution in [0.2, 0.25) is 0 Å². The van der Waals surface area contributed by atoms with Crippen LogP contribution in [0.1, 0.15) is 18.1 Å². The van der Waals surface area contributed by atoms with Gasteiger partial charge in [0, 0.05) is 26.2 Å². The number of benzene rings is 2. The standard InChI is InChI=1S/C22H29N3O3.2ClH/c1-22(23,19-7-3-2-4-8-19)21(26)24-17-18-6-5-9-20(16-18)28-15-12-25-10-13-27-14-11-25;;/h2-9,16H,10-15,17,23H2,1H3,(H,24,26);2*1H. The predicted octanol–water partition coefficient (Wildman–Crippen LogP) is 2.73. The van der Waals surface area contributed by atoms with Crippen LogP contribution in [0.3, 0.4) is 0 Å². The Bertz CT molecular complexity index is 769. The van der Waals surface area contributed by atoms with Gasteiger partial charge in [0.05, 0.1) is 13.2 Å². The number of morpholine rings is 1. The quantitative estimate of drug-likeness (QED) is 0.639. The van der Waals surface area contributed by atoms with Crippen LogP contribution >= 0.6 is 24.8 Å². The molecule has 6 nitrogen and oxygen atoms in total. The maximum Gasteiger partial charge on any atom is 0.244 e. The Labute approximate surface area is 190 Å². The van der Waals surface area contributed by atoms with Gasteiger partial charge < -0.3 is 20.5 Å². The number of hydrogen-bond acceptors (Lipinski definition) is 5. The van der Waals surface area contributed by atoms with Crippen molar-refractivity contribution < 1.29 is 14.3 Å². The van der Waals surface area contributed by atoms with Gasteiger partial charge in [0.2, 0.25) is 5.91 Å². The Morgan fingerprint density at radius 3 is 2.53 bits per heavy atom. The highest BCUT2D eigenvalue weighted by Gasteiger charge is 2.29. The zero-order valence-corrected chi connectivity index (χ0v) is 18.8. The fraction of sp³-hybridized carbons (Fsp3) is 0.409. The molecule has 30 heavy (non-hydrogen) atoms. The first-order chi connectivity index (χ1) is 13.6. The first kappa shape index (κ1) is 26.2. The van der Waals surface area contributed by atoms with Gasteiger partial charge in [-0.3, -0.25) is 9.69 Å². The van der Waals surface area contributed by atoms with E-state index >= 15 is 0 Å². The summed E-state index contributed by atoms with van der Waals surface area (Å²) in [7, 11) is 0. The molecule has 3 N–H and O–H groups in total. The summed E-state index contributed by atoms with van der Waals surface area (Å²) in [6.45, 7) is 7.12. The molecule has 1 atom stereocenters. The number of ether oxygens (including phenoxy) is 2. The van der Waals surface area contributed by atoms with Crippen LogP contribution in [0.5, 0.6) is 5.75 Å². The molecular formula is C22H31Cl2N3O3. The molecule has 1 saturated heterocycles. The van der Waals surface area contributed by atoms with E-state index in [9.17, 15) is 4.79 Å². The molecule has 1 fully saturated rings. The second-order valence-electron chi connectivity index (χ2n) is 7.20. The van der Waals surface area contributed by atoms with E-state index in [1.165, 1.54) is 0 Å². The van der Waals surface area contributed by atoms with Gasteiger partial charge in [-0.25, -0.2) is 0 Å². The van der Waals surface area contributed by atoms with E-state index in [0.29, 0.717) is 13.2 Å². The highest BCUT2D eigenvalue weighted by atomic mass is 35.5. The number of halogens is 2. The first-order valence-electron chi connectivity index (χ1n) is 9.70. The summed E-state index contributed by atoms with van der Waals surface area (Å²) in [5.41, 5.74) is 6.94. The van der Waals surface area contributed by atoms with Crippen molar-refractivity contribution in [2.75, 3.05) is 39.5 Å². The van der Waals surface area contributed by atoms with Crippen molar-refractivity contribution in [3.8, 4) is 5.75 Å². The van der Waals surface area contributed by atoms with Gasteiger partial charge in [0.25, 0.3) is 0 Å². The van der Waals surface area contributed by atoms with Crippen LogP contribution in [0.4, 0.5) is 0 Å². The Balaban J connectivity index is 0.00000225. The number of carbonyl (C=O) groups excluding carboxylic acids is 1. The fourth-order valence-corrected chi connectivity index (χ4v) is 3.14. The highest BCUT2D eigenvalue weighted by molar-refractivity contribution is 5.87. The molecule has 2 aromatic carbocycles. The lowest BCUT2D eigenvalue weighted by Crippen LogP contribution is -2.48. The molecule has 1 aliphatic rings. The molecular weight excluding hydrogens is 425 g/mol. The van der Waals surface area contributed by atoms with E-state index in [1.807, 2.05) is 54.6 Å². The van der Waals surface area contributed by atoms with Gasteiger partial charge in [0.1, 0.15) is 17.9 Å². The number of amides is 1. The molecule has 1 unspecified atom stereocenters. The van der Waals surface area contributed by atoms with Crippen LogP contribution in [-0.2, 0) is 21.6 Å². The van der Waals surface area contributed by atoms with E-state index in [2.05, 4.69) is 10.2 Å². The molecule has 0 aliphatic carbocycles. The monoisotopic (exact) mass is 455 g/mol. The lowest BCUT2D eigenvalue weighted by atomic mass is 9.92. The summed E-state index contributed by atoms with van der Waals surface area (Å²) in [4.78, 5) is 14.9. The molecule has 0 bridgehead atoms. The van der Waals surface area contributed by atoms with Crippen LogP contribution < -0.4 is 15.8 Å². The van der Waals surface area contributed by atoms with E-state index in [-0.39, 0.29) is 30.7 Å². The van der Waals surface area contributed by atoms with Gasteiger partial charge in [0.15, 0.2) is 0 Å². The zero-order valence-electron chi connectivity index (χ0n) is 17.2. The minimum Gasteiger partial charge on any atom is -0.492 e. The fourth-order valence-electron chi connectivity index (χ4n) is 3.14. The van der Waals surface area contributed by atoms with Gasteiger partial charge >= 0.3 is 0 Å². The molecule has 0 saturated carbocycles. The Morgan fingerprint density at radius 2 is 1.83 bits per heavy atom. The van der Waals surface area contributed by atoms with Crippen molar-refractivity contribution >= 4 is 30.7 Å². The minimum atomic E-state index is -1.08. The number of rotatable bonds is 8. The molecule has 8 heteroatoms. The van der Waals surface area contributed by atoms with E-state index in [4.69, 9.17) is 15.2 Å². The molecule has 166 valence electrons. The van der Waals surface area contributed by atoms with Gasteiger partial charge in [-0.05, 0) is 30.2 Å². The number of carbonyl (C=O) groups is 1. The van der Waals surface area contributed by atoms with Crippen molar-refractivity contribution in [3.05, 3.63) is 65.7 Å². The second kappa shape index (κ2) is 12.8. The maximum atomic E-state index is 12.6. The summed E-state index contributed by atoms with van der Waals surface area (Å²) in [6, 6.07) is 17.2. The smallest absolute Gasteiger partial charge is 0.244 e. The molecule has 3 rings (SSSR count). The number of nitrogens with two attached hydrogens (primary N) is 1. The van der Waals surface area contributed by atoms with Crippen molar-refractivity contribution in [2.24, 2.45) is 5.73 Å². The molecule has 0 aromatic heterocycles. The summed E-state index contributed by atoms with van der Waals surface area (Å²) < 4.78 is 11.2. The van der Waals surface area contributed by atoms with Gasteiger partial charge in [-0.15, -0.1) is 24.8 Å². The molecule has 0 radical (unpaired) electrons. The maximum absolute atomic E-state index is 12.6. The number of hydrogen-bond donors (Lipinski definition) is 2. The summed E-state index contributed by atoms with van der Waals surface area (Å²) in [5, 5.41) is 2.93. The molecule has 1 amide bonds. The average Bonchev–Trinajstić information content (AvgIpc) is 2.74. The van der Waals surface area contributed by atoms with Crippen LogP contribution in [-0.4, -0.2) is 50.3 Å². The van der Waals surface area contributed by atoms with E-state index < -0.39 is 5.54 Å². The normalized spacial score (nSPS) is 15.8. The lowest BCUT2D eigenvalue weighted by molar-refractivity contribution is -0.126. The molecule has 2 aromatic rings. The van der Waals surface area contributed by atoms with Gasteiger partial charge in [-0.1, -0.05) is 42.5 Å². The molecule has 0 spiro atoms. The highest BCUT2D eigenvalue weighted by Crippen LogP contribution is 2.18. The largest absolute Gasteiger partial charge is 0.492 e. The van der Waals surface area contributed by atoms with Crippen LogP contribution in [0, 0.1) is 0 Å². The number of nitrogens with one attached hydrogen (secondary N) is 1. The van der Waals surface area contributed by atoms with E-state index in [0.717, 1.165) is 49.7 Å². The van der Waals surface area contributed by atoms with Crippen molar-refractivity contribution in [2.45, 2.75) is 19.0 Å². The Morgan fingerprint density at radius 1 is 1.13 bits per heavy atom.